The van der Waals surface area contributed by atoms with Crippen LogP contribution in [0.2, 0.25) is 0 Å². The van der Waals surface area contributed by atoms with Crippen molar-refractivity contribution < 1.29 is 0 Å². The molecule has 1 aliphatic heterocycles. The van der Waals surface area contributed by atoms with Crippen LogP contribution >= 0.6 is 0 Å². The lowest BCUT2D eigenvalue weighted by Crippen LogP contribution is -2.31. The minimum atomic E-state index is 0.747. The maximum Gasteiger partial charge on any atom is 0.159 e. The van der Waals surface area contributed by atoms with Gasteiger partial charge in [0, 0.05) is 67.7 Å². The highest BCUT2D eigenvalue weighted by atomic mass is 15.1. The van der Waals surface area contributed by atoms with Crippen LogP contribution in [0.5, 0.6) is 0 Å². The SMILES string of the molecule is Nc1ccc(-c2ncc3c(n2)CCN(Cc2cnccn2)C3)cc1. The quantitative estimate of drug-likeness (QED) is 0.745. The number of hydrogen-bond acceptors (Lipinski definition) is 6. The number of nitrogens with zero attached hydrogens (tertiary/aromatic N) is 5. The van der Waals surface area contributed by atoms with Crippen molar-refractivity contribution in [2.45, 2.75) is 19.5 Å². The maximum atomic E-state index is 5.74. The van der Waals surface area contributed by atoms with Gasteiger partial charge in [0.25, 0.3) is 0 Å². The predicted molar refractivity (Wildman–Crippen MR) is 91.7 cm³/mol. The zero-order valence-corrected chi connectivity index (χ0v) is 13.3. The molecule has 0 spiro atoms. The molecule has 2 aromatic heterocycles. The molecule has 0 amide bonds. The summed E-state index contributed by atoms with van der Waals surface area (Å²) in [6.07, 6.45) is 8.10. The number of fused-ring (bicyclic) bond motifs is 1. The van der Waals surface area contributed by atoms with Gasteiger partial charge in [0.15, 0.2) is 5.82 Å². The first-order chi connectivity index (χ1) is 11.8. The Morgan fingerprint density at radius 3 is 2.71 bits per heavy atom. The van der Waals surface area contributed by atoms with Gasteiger partial charge in [0.05, 0.1) is 11.4 Å². The molecule has 0 aliphatic carbocycles. The van der Waals surface area contributed by atoms with Crippen LogP contribution < -0.4 is 5.73 Å². The van der Waals surface area contributed by atoms with E-state index in [-0.39, 0.29) is 0 Å². The molecule has 6 heteroatoms. The Labute approximate surface area is 140 Å². The molecule has 1 aromatic carbocycles. The van der Waals surface area contributed by atoms with E-state index in [0.29, 0.717) is 0 Å². The summed E-state index contributed by atoms with van der Waals surface area (Å²) in [7, 11) is 0. The number of rotatable bonds is 3. The van der Waals surface area contributed by atoms with E-state index >= 15 is 0 Å². The molecule has 0 bridgehead atoms. The molecule has 0 atom stereocenters. The highest BCUT2D eigenvalue weighted by Gasteiger charge is 2.19. The molecular formula is C18H18N6. The van der Waals surface area contributed by atoms with Crippen LogP contribution in [0.1, 0.15) is 17.0 Å². The third-order valence-corrected chi connectivity index (χ3v) is 4.18. The fourth-order valence-electron chi connectivity index (χ4n) is 2.92. The van der Waals surface area contributed by atoms with Gasteiger partial charge in [0.1, 0.15) is 0 Å². The van der Waals surface area contributed by atoms with E-state index < -0.39 is 0 Å². The zero-order valence-electron chi connectivity index (χ0n) is 13.3. The fourth-order valence-corrected chi connectivity index (χ4v) is 2.92. The minimum absolute atomic E-state index is 0.747. The summed E-state index contributed by atoms with van der Waals surface area (Å²) in [5.74, 6) is 0.760. The number of nitrogens with two attached hydrogens (primary N) is 1. The van der Waals surface area contributed by atoms with E-state index in [9.17, 15) is 0 Å². The van der Waals surface area contributed by atoms with Gasteiger partial charge in [-0.2, -0.15) is 0 Å². The second-order valence-electron chi connectivity index (χ2n) is 5.94. The van der Waals surface area contributed by atoms with Gasteiger partial charge in [-0.25, -0.2) is 9.97 Å². The van der Waals surface area contributed by atoms with Crippen molar-refractivity contribution in [3.63, 3.8) is 0 Å². The molecule has 3 aromatic rings. The summed E-state index contributed by atoms with van der Waals surface area (Å²) in [6.45, 7) is 2.60. The third kappa shape index (κ3) is 3.09. The largest absolute Gasteiger partial charge is 0.399 e. The molecule has 0 fully saturated rings. The summed E-state index contributed by atoms with van der Waals surface area (Å²) in [4.78, 5) is 20.1. The van der Waals surface area contributed by atoms with Crippen LogP contribution in [0.15, 0.2) is 49.1 Å². The van der Waals surface area contributed by atoms with E-state index in [1.165, 1.54) is 5.56 Å². The van der Waals surface area contributed by atoms with Crippen LogP contribution in [0, 0.1) is 0 Å². The average molecular weight is 318 g/mol. The Bertz CT molecular complexity index is 832. The van der Waals surface area contributed by atoms with Crippen LogP contribution in [-0.2, 0) is 19.5 Å². The molecule has 120 valence electrons. The van der Waals surface area contributed by atoms with Crippen molar-refractivity contribution in [1.29, 1.82) is 0 Å². The van der Waals surface area contributed by atoms with Crippen molar-refractivity contribution in [3.8, 4) is 11.4 Å². The van der Waals surface area contributed by atoms with Crippen LogP contribution in [0.4, 0.5) is 5.69 Å². The molecule has 0 saturated carbocycles. The molecule has 3 heterocycles. The Morgan fingerprint density at radius 1 is 1.04 bits per heavy atom. The number of anilines is 1. The van der Waals surface area contributed by atoms with Crippen molar-refractivity contribution >= 4 is 5.69 Å². The molecular weight excluding hydrogens is 300 g/mol. The smallest absolute Gasteiger partial charge is 0.159 e. The Kier molecular flexibility index (Phi) is 3.88. The number of hydrogen-bond donors (Lipinski definition) is 1. The molecule has 0 radical (unpaired) electrons. The Hall–Kier alpha value is -2.86. The van der Waals surface area contributed by atoms with E-state index in [1.807, 2.05) is 36.7 Å². The standard InChI is InChI=1S/C18H18N6/c19-15-3-1-13(2-4-15)18-22-9-14-11-24(8-5-17(14)23-18)12-16-10-20-6-7-21-16/h1-4,6-7,9-10H,5,8,11-12,19H2. The van der Waals surface area contributed by atoms with Gasteiger partial charge in [-0.15, -0.1) is 0 Å². The van der Waals surface area contributed by atoms with Crippen molar-refractivity contribution in [3.05, 3.63) is 66.0 Å². The van der Waals surface area contributed by atoms with E-state index in [0.717, 1.165) is 54.5 Å². The number of aromatic nitrogens is 4. The maximum absolute atomic E-state index is 5.74. The zero-order chi connectivity index (χ0) is 16.4. The first-order valence-corrected chi connectivity index (χ1v) is 7.96. The van der Waals surface area contributed by atoms with Gasteiger partial charge < -0.3 is 5.73 Å². The van der Waals surface area contributed by atoms with Crippen LogP contribution in [0.25, 0.3) is 11.4 Å². The van der Waals surface area contributed by atoms with Gasteiger partial charge in [-0.05, 0) is 24.3 Å². The second kappa shape index (κ2) is 6.33. The molecule has 2 N–H and O–H groups in total. The molecule has 4 rings (SSSR count). The summed E-state index contributed by atoms with van der Waals surface area (Å²) in [5.41, 5.74) is 10.8. The molecule has 1 aliphatic rings. The minimum Gasteiger partial charge on any atom is -0.399 e. The van der Waals surface area contributed by atoms with Gasteiger partial charge in [-0.3, -0.25) is 14.9 Å². The van der Waals surface area contributed by atoms with Gasteiger partial charge in [0.2, 0.25) is 0 Å². The first kappa shape index (κ1) is 14.7. The summed E-state index contributed by atoms with van der Waals surface area (Å²) in [5, 5.41) is 0. The van der Waals surface area contributed by atoms with Gasteiger partial charge >= 0.3 is 0 Å². The monoisotopic (exact) mass is 318 g/mol. The van der Waals surface area contributed by atoms with Crippen molar-refractivity contribution in [2.24, 2.45) is 0 Å². The summed E-state index contributed by atoms with van der Waals surface area (Å²) >= 11 is 0. The lowest BCUT2D eigenvalue weighted by atomic mass is 10.1. The topological polar surface area (TPSA) is 80.8 Å². The van der Waals surface area contributed by atoms with E-state index in [1.54, 1.807) is 12.4 Å². The van der Waals surface area contributed by atoms with Gasteiger partial charge in [-0.1, -0.05) is 0 Å². The fraction of sp³-hybridized carbons (Fsp3) is 0.222. The Morgan fingerprint density at radius 2 is 1.92 bits per heavy atom. The lowest BCUT2D eigenvalue weighted by molar-refractivity contribution is 0.240. The average Bonchev–Trinajstić information content (AvgIpc) is 2.63. The van der Waals surface area contributed by atoms with Crippen LogP contribution in [-0.4, -0.2) is 31.4 Å². The van der Waals surface area contributed by atoms with Crippen LogP contribution in [0.3, 0.4) is 0 Å². The summed E-state index contributed by atoms with van der Waals surface area (Å²) < 4.78 is 0. The molecule has 0 unspecified atom stereocenters. The second-order valence-corrected chi connectivity index (χ2v) is 5.94. The first-order valence-electron chi connectivity index (χ1n) is 7.96. The summed E-state index contributed by atoms with van der Waals surface area (Å²) in [6, 6.07) is 7.67. The van der Waals surface area contributed by atoms with Crippen molar-refractivity contribution in [2.75, 3.05) is 12.3 Å². The van der Waals surface area contributed by atoms with E-state index in [4.69, 9.17) is 10.7 Å². The Balaban J connectivity index is 1.52. The predicted octanol–water partition coefficient (Wildman–Crippen LogP) is 2.07. The van der Waals surface area contributed by atoms with E-state index in [2.05, 4.69) is 19.9 Å². The molecule has 24 heavy (non-hydrogen) atoms. The number of nitrogen functional groups attached to an aromatic ring is 1. The molecule has 6 nitrogen and oxygen atoms in total. The highest BCUT2D eigenvalue weighted by molar-refractivity contribution is 5.58. The third-order valence-electron chi connectivity index (χ3n) is 4.18. The lowest BCUT2D eigenvalue weighted by Gasteiger charge is -2.27. The van der Waals surface area contributed by atoms with Crippen molar-refractivity contribution in [1.82, 2.24) is 24.8 Å². The number of benzene rings is 1. The highest BCUT2D eigenvalue weighted by Crippen LogP contribution is 2.22. The normalized spacial score (nSPS) is 14.3. The molecule has 0 saturated heterocycles.